The van der Waals surface area contributed by atoms with Crippen LogP contribution < -0.4 is 9.80 Å². The summed E-state index contributed by atoms with van der Waals surface area (Å²) in [4.78, 5) is 5.20. The van der Waals surface area contributed by atoms with Crippen molar-refractivity contribution in [1.29, 1.82) is 0 Å². The van der Waals surface area contributed by atoms with Crippen LogP contribution in [-0.4, -0.2) is 9.13 Å². The van der Waals surface area contributed by atoms with Gasteiger partial charge in [-0.25, -0.2) is 0 Å². The van der Waals surface area contributed by atoms with Crippen LogP contribution in [0.1, 0.15) is 11.1 Å². The zero-order chi connectivity index (χ0) is 51.8. The molecule has 0 atom stereocenters. The van der Waals surface area contributed by atoms with E-state index >= 15 is 0 Å². The van der Waals surface area contributed by atoms with Gasteiger partial charge in [0, 0.05) is 54.8 Å². The Labute approximate surface area is 454 Å². The van der Waals surface area contributed by atoms with Crippen molar-refractivity contribution in [3.63, 3.8) is 0 Å². The fraction of sp³-hybridized carbons (Fsp3) is 0.0137. The van der Waals surface area contributed by atoms with Crippen molar-refractivity contribution in [2.24, 2.45) is 0 Å². The second kappa shape index (κ2) is 16.7. The maximum absolute atomic E-state index is 6.79. The number of anilines is 4. The Morgan fingerprint density at radius 1 is 0.266 bits per heavy atom. The largest absolute Gasteiger partial charge is 0.456 e. The molecule has 16 aromatic rings. The molecule has 0 saturated heterocycles. The van der Waals surface area contributed by atoms with Crippen molar-refractivity contribution in [2.45, 2.75) is 5.66 Å². The Kier molecular flexibility index (Phi) is 9.24. The molecule has 6 heteroatoms. The van der Waals surface area contributed by atoms with Gasteiger partial charge in [0.25, 0.3) is 0 Å². The lowest BCUT2D eigenvalue weighted by Crippen LogP contribution is -2.51. The SMILES string of the molecule is c1ccc(-c2cccc(-n3c4ccccc4c4ccc5c6ccccc6n(-c6ccc7c(c6)N(c6cccc8oc9ccccc9c68)C(c6ccccc6)(c6ccccc6)N7c6cccc7oc8ccccc8c67)c5c43)c2)cc1. The molecule has 0 spiro atoms. The summed E-state index contributed by atoms with van der Waals surface area (Å²) in [6, 6.07) is 101. The quantitative estimate of drug-likeness (QED) is 0.160. The van der Waals surface area contributed by atoms with Gasteiger partial charge in [-0.2, -0.15) is 0 Å². The topological polar surface area (TPSA) is 42.6 Å². The van der Waals surface area contributed by atoms with E-state index in [1.54, 1.807) is 0 Å². The Morgan fingerprint density at radius 2 is 0.696 bits per heavy atom. The molecule has 0 bridgehead atoms. The van der Waals surface area contributed by atoms with Gasteiger partial charge >= 0.3 is 0 Å². The number of furan rings is 2. The Bertz CT molecular complexity index is 5070. The first-order valence-corrected chi connectivity index (χ1v) is 27.0. The van der Waals surface area contributed by atoms with Crippen LogP contribution in [0.5, 0.6) is 0 Å². The standard InChI is InChI=1S/C73H46N4O2/c1-4-21-47(22-5-1)48-23-18-28-51(45-48)74-59-33-14-10-29-53(59)55-42-43-56-54-30-11-15-34-60(54)75(72(56)71(55)74)52-41-44-61-64(46-52)77(63-36-20-40-68-70(63)58-32-13-17-38-66(58)79-68)73(49-24-6-2-7-25-49,50-26-8-3-9-27-50)76(61)62-35-19-39-67-69(62)57-31-12-16-37-65(57)78-67/h1-46H. The molecule has 17 rings (SSSR count). The lowest BCUT2D eigenvalue weighted by molar-refractivity contribution is 0.561. The molecule has 79 heavy (non-hydrogen) atoms. The van der Waals surface area contributed by atoms with Gasteiger partial charge in [0.05, 0.1) is 55.6 Å². The highest BCUT2D eigenvalue weighted by Gasteiger charge is 2.55. The van der Waals surface area contributed by atoms with Crippen molar-refractivity contribution >= 4 is 110 Å². The highest BCUT2D eigenvalue weighted by atomic mass is 16.3. The van der Waals surface area contributed by atoms with Crippen LogP contribution in [-0.2, 0) is 5.66 Å². The fourth-order valence-electron chi connectivity index (χ4n) is 13.5. The average molecular weight is 1010 g/mol. The molecule has 0 amide bonds. The molecule has 0 N–H and O–H groups in total. The van der Waals surface area contributed by atoms with E-state index in [0.717, 1.165) is 111 Å². The van der Waals surface area contributed by atoms with Gasteiger partial charge in [-0.3, -0.25) is 0 Å². The number of rotatable bonds is 7. The summed E-state index contributed by atoms with van der Waals surface area (Å²) in [5.74, 6) is 0. The van der Waals surface area contributed by atoms with Gasteiger partial charge in [0.2, 0.25) is 0 Å². The van der Waals surface area contributed by atoms with E-state index < -0.39 is 5.66 Å². The van der Waals surface area contributed by atoms with E-state index in [-0.39, 0.29) is 0 Å². The number of para-hydroxylation sites is 4. The molecule has 0 saturated carbocycles. The van der Waals surface area contributed by atoms with E-state index in [2.05, 4.69) is 298 Å². The average Bonchev–Trinajstić information content (AvgIpc) is 3.79. The maximum Gasteiger partial charge on any atom is 0.175 e. The summed E-state index contributed by atoms with van der Waals surface area (Å²) in [7, 11) is 0. The number of fused-ring (bicyclic) bond motifs is 14. The molecule has 6 nitrogen and oxygen atoms in total. The lowest BCUT2D eigenvalue weighted by Gasteiger charge is -2.47. The van der Waals surface area contributed by atoms with Gasteiger partial charge < -0.3 is 27.8 Å². The molecule has 0 unspecified atom stereocenters. The number of hydrogen-bond acceptors (Lipinski definition) is 4. The smallest absolute Gasteiger partial charge is 0.175 e. The third kappa shape index (κ3) is 6.11. The minimum absolute atomic E-state index is 0.821. The molecule has 0 aliphatic carbocycles. The Hall–Kier alpha value is -10.6. The first kappa shape index (κ1) is 43.7. The summed E-state index contributed by atoms with van der Waals surface area (Å²) in [5, 5.41) is 8.96. The van der Waals surface area contributed by atoms with Crippen molar-refractivity contribution in [3.05, 3.63) is 290 Å². The lowest BCUT2D eigenvalue weighted by atomic mass is 9.87. The summed E-state index contributed by atoms with van der Waals surface area (Å²) < 4.78 is 18.6. The van der Waals surface area contributed by atoms with Crippen LogP contribution >= 0.6 is 0 Å². The van der Waals surface area contributed by atoms with E-state index in [0.29, 0.717) is 0 Å². The fourth-order valence-corrected chi connectivity index (χ4v) is 13.5. The molecule has 4 aromatic heterocycles. The van der Waals surface area contributed by atoms with E-state index in [4.69, 9.17) is 8.83 Å². The second-order valence-electron chi connectivity index (χ2n) is 20.7. The Balaban J connectivity index is 1.03. The van der Waals surface area contributed by atoms with E-state index in [1.165, 1.54) is 32.7 Å². The summed E-state index contributed by atoms with van der Waals surface area (Å²) in [6.45, 7) is 0. The van der Waals surface area contributed by atoms with Crippen LogP contribution in [0.3, 0.4) is 0 Å². The highest BCUT2D eigenvalue weighted by Crippen LogP contribution is 2.62. The first-order valence-electron chi connectivity index (χ1n) is 27.0. The third-order valence-corrected chi connectivity index (χ3v) is 16.6. The summed E-state index contributed by atoms with van der Waals surface area (Å²) in [6.07, 6.45) is 0. The van der Waals surface area contributed by atoms with Crippen LogP contribution in [0.2, 0.25) is 0 Å². The normalized spacial score (nSPS) is 13.4. The number of benzene rings is 12. The van der Waals surface area contributed by atoms with Crippen molar-refractivity contribution < 1.29 is 8.83 Å². The molecule has 12 aromatic carbocycles. The minimum atomic E-state index is -1.03. The monoisotopic (exact) mass is 1010 g/mol. The number of hydrogen-bond donors (Lipinski definition) is 0. The molecular formula is C73H46N4O2. The van der Waals surface area contributed by atoms with Gasteiger partial charge in [-0.15, -0.1) is 0 Å². The zero-order valence-electron chi connectivity index (χ0n) is 42.7. The van der Waals surface area contributed by atoms with Crippen molar-refractivity contribution in [2.75, 3.05) is 9.80 Å². The van der Waals surface area contributed by atoms with Crippen molar-refractivity contribution in [1.82, 2.24) is 9.13 Å². The van der Waals surface area contributed by atoms with Crippen LogP contribution in [0.4, 0.5) is 22.7 Å². The van der Waals surface area contributed by atoms with Crippen LogP contribution in [0.15, 0.2) is 288 Å². The van der Waals surface area contributed by atoms with Crippen LogP contribution in [0.25, 0.3) is 110 Å². The summed E-state index contributed by atoms with van der Waals surface area (Å²) in [5.41, 5.74) is 17.6. The molecular weight excluding hydrogens is 965 g/mol. The minimum Gasteiger partial charge on any atom is -0.456 e. The van der Waals surface area contributed by atoms with E-state index in [9.17, 15) is 0 Å². The maximum atomic E-state index is 6.79. The number of nitrogens with zero attached hydrogens (tertiary/aromatic N) is 4. The zero-order valence-corrected chi connectivity index (χ0v) is 42.7. The molecule has 0 fully saturated rings. The Morgan fingerprint density at radius 3 is 1.25 bits per heavy atom. The molecule has 370 valence electrons. The molecule has 1 aliphatic heterocycles. The predicted molar refractivity (Wildman–Crippen MR) is 326 cm³/mol. The molecule has 5 heterocycles. The van der Waals surface area contributed by atoms with E-state index in [1.807, 2.05) is 0 Å². The summed E-state index contributed by atoms with van der Waals surface area (Å²) >= 11 is 0. The highest BCUT2D eigenvalue weighted by molar-refractivity contribution is 6.24. The van der Waals surface area contributed by atoms with Crippen molar-refractivity contribution in [3.8, 4) is 22.5 Å². The second-order valence-corrected chi connectivity index (χ2v) is 20.7. The van der Waals surface area contributed by atoms with Gasteiger partial charge in [-0.1, -0.05) is 200 Å². The predicted octanol–water partition coefficient (Wildman–Crippen LogP) is 19.5. The van der Waals surface area contributed by atoms with Crippen LogP contribution in [0, 0.1) is 0 Å². The number of aromatic nitrogens is 2. The molecule has 0 radical (unpaired) electrons. The molecule has 1 aliphatic rings. The van der Waals surface area contributed by atoms with Gasteiger partial charge in [0.15, 0.2) is 5.66 Å². The first-order chi connectivity index (χ1) is 39.2. The van der Waals surface area contributed by atoms with Gasteiger partial charge in [0.1, 0.15) is 22.3 Å². The third-order valence-electron chi connectivity index (χ3n) is 16.6. The van der Waals surface area contributed by atoms with Gasteiger partial charge in [-0.05, 0) is 90.0 Å².